The molecule has 0 aliphatic carbocycles. The molecule has 15 heteroatoms. The van der Waals surface area contributed by atoms with Gasteiger partial charge >= 0.3 is 0 Å². The number of hydrogen-bond donors (Lipinski definition) is 1. The van der Waals surface area contributed by atoms with Gasteiger partial charge in [0.15, 0.2) is 22.1 Å². The van der Waals surface area contributed by atoms with Crippen LogP contribution in [0.2, 0.25) is 5.02 Å². The highest BCUT2D eigenvalue weighted by Gasteiger charge is 2.45. The van der Waals surface area contributed by atoms with E-state index in [0.717, 1.165) is 30.7 Å². The minimum absolute atomic E-state index is 0.177. The monoisotopic (exact) mass is 587 g/mol. The lowest BCUT2D eigenvalue weighted by molar-refractivity contribution is -0.125. The van der Waals surface area contributed by atoms with E-state index in [1.165, 1.54) is 19.9 Å². The maximum absolute atomic E-state index is 15.8. The van der Waals surface area contributed by atoms with Gasteiger partial charge in [-0.25, -0.2) is 40.0 Å². The highest BCUT2D eigenvalue weighted by atomic mass is 35.5. The number of nitrogens with one attached hydrogen (secondary N) is 1. The SMILES string of the molecule is CC1(C)OC(c2ccnc(S(C)(=O)=O)n2)=C(c2cc(Cl)cc(NS(=O)(=O)c3c(F)cccc3F)c2F)C1=O. The van der Waals surface area contributed by atoms with E-state index in [2.05, 4.69) is 9.97 Å². The van der Waals surface area contributed by atoms with Crippen molar-refractivity contribution in [2.24, 2.45) is 0 Å². The highest BCUT2D eigenvalue weighted by Crippen LogP contribution is 2.43. The molecule has 1 aliphatic heterocycles. The van der Waals surface area contributed by atoms with E-state index in [1.807, 2.05) is 0 Å². The quantitative estimate of drug-likeness (QED) is 0.428. The zero-order chi connectivity index (χ0) is 28.2. The molecule has 0 saturated heterocycles. The van der Waals surface area contributed by atoms with Crippen molar-refractivity contribution in [3.63, 3.8) is 0 Å². The molecule has 0 unspecified atom stereocenters. The van der Waals surface area contributed by atoms with Crippen LogP contribution in [0, 0.1) is 17.5 Å². The molecule has 1 aromatic heterocycles. The smallest absolute Gasteiger partial charge is 0.267 e. The van der Waals surface area contributed by atoms with Crippen molar-refractivity contribution in [1.29, 1.82) is 0 Å². The number of halogens is 4. The van der Waals surface area contributed by atoms with E-state index < -0.39 is 75.6 Å². The van der Waals surface area contributed by atoms with Gasteiger partial charge in [-0.3, -0.25) is 9.52 Å². The lowest BCUT2D eigenvalue weighted by Gasteiger charge is -2.17. The number of hydrogen-bond acceptors (Lipinski definition) is 8. The fourth-order valence-electron chi connectivity index (χ4n) is 3.61. The van der Waals surface area contributed by atoms with Crippen LogP contribution in [0.15, 0.2) is 52.6 Å². The molecule has 0 radical (unpaired) electrons. The molecular weight excluding hydrogens is 571 g/mol. The van der Waals surface area contributed by atoms with Crippen molar-refractivity contribution in [1.82, 2.24) is 9.97 Å². The summed E-state index contributed by atoms with van der Waals surface area (Å²) in [6.45, 7) is 2.74. The number of sulfonamides is 1. The van der Waals surface area contributed by atoms with Crippen LogP contribution >= 0.6 is 11.6 Å². The number of benzene rings is 2. The summed E-state index contributed by atoms with van der Waals surface area (Å²) in [5.74, 6) is -5.24. The molecule has 38 heavy (non-hydrogen) atoms. The largest absolute Gasteiger partial charge is 0.477 e. The van der Waals surface area contributed by atoms with Gasteiger partial charge in [0.25, 0.3) is 10.0 Å². The Kier molecular flexibility index (Phi) is 6.78. The number of ether oxygens (including phenoxy) is 1. The van der Waals surface area contributed by atoms with Crippen LogP contribution in [0.1, 0.15) is 25.1 Å². The van der Waals surface area contributed by atoms with E-state index >= 15 is 4.39 Å². The molecule has 0 amide bonds. The van der Waals surface area contributed by atoms with E-state index in [1.54, 1.807) is 4.72 Å². The summed E-state index contributed by atoms with van der Waals surface area (Å²) < 4.78 is 101. The van der Waals surface area contributed by atoms with Gasteiger partial charge in [0, 0.05) is 23.0 Å². The third-order valence-electron chi connectivity index (χ3n) is 5.29. The van der Waals surface area contributed by atoms with Crippen LogP contribution in [0.3, 0.4) is 0 Å². The molecule has 2 heterocycles. The summed E-state index contributed by atoms with van der Waals surface area (Å²) in [6.07, 6.45) is 1.96. The van der Waals surface area contributed by atoms with E-state index in [9.17, 15) is 30.4 Å². The Labute approximate surface area is 220 Å². The van der Waals surface area contributed by atoms with Gasteiger partial charge in [-0.2, -0.15) is 0 Å². The average Bonchev–Trinajstić information content (AvgIpc) is 3.04. The number of sulfone groups is 1. The molecule has 1 N–H and O–H groups in total. The first-order valence-corrected chi connectivity index (χ1v) is 14.3. The highest BCUT2D eigenvalue weighted by molar-refractivity contribution is 7.92. The second kappa shape index (κ2) is 9.36. The fraction of sp³-hybridized carbons (Fsp3) is 0.174. The van der Waals surface area contributed by atoms with Crippen LogP contribution in [-0.2, 0) is 29.4 Å². The second-order valence-electron chi connectivity index (χ2n) is 8.61. The number of carbonyl (C=O) groups is 1. The van der Waals surface area contributed by atoms with Crippen molar-refractivity contribution < 1.29 is 39.5 Å². The zero-order valence-electron chi connectivity index (χ0n) is 19.7. The topological polar surface area (TPSA) is 132 Å². The Morgan fingerprint density at radius 1 is 1.03 bits per heavy atom. The van der Waals surface area contributed by atoms with Gasteiger partial charge in [-0.1, -0.05) is 17.7 Å². The molecule has 3 aromatic rings. The molecule has 1 aliphatic rings. The molecular formula is C23H17ClF3N3O6S2. The Bertz CT molecular complexity index is 1740. The standard InChI is InChI=1S/C23H17ClF3N3O6S2/c1-23(2)21(31)17(19(36-23)15-7-8-28-22(29-15)37(3,32)33)12-9-11(24)10-16(18(12)27)30-38(34,35)20-13(25)5-4-6-14(20)26/h4-10,30H,1-3H3. The summed E-state index contributed by atoms with van der Waals surface area (Å²) in [4.78, 5) is 19.5. The number of nitrogens with zero attached hydrogens (tertiary/aromatic N) is 2. The fourth-order valence-corrected chi connectivity index (χ4v) is 5.53. The third kappa shape index (κ3) is 4.98. The minimum atomic E-state index is -5.00. The Morgan fingerprint density at radius 3 is 2.26 bits per heavy atom. The molecule has 0 bridgehead atoms. The molecule has 9 nitrogen and oxygen atoms in total. The lowest BCUT2D eigenvalue weighted by Crippen LogP contribution is -2.29. The predicted molar refractivity (Wildman–Crippen MR) is 131 cm³/mol. The van der Waals surface area contributed by atoms with Crippen LogP contribution in [0.5, 0.6) is 0 Å². The van der Waals surface area contributed by atoms with Crippen molar-refractivity contribution in [3.05, 3.63) is 76.3 Å². The Hall–Kier alpha value is -3.49. The Balaban J connectivity index is 1.92. The van der Waals surface area contributed by atoms with Crippen LogP contribution in [-0.4, -0.2) is 44.4 Å². The summed E-state index contributed by atoms with van der Waals surface area (Å²) in [6, 6.07) is 5.44. The lowest BCUT2D eigenvalue weighted by atomic mass is 9.92. The Morgan fingerprint density at radius 2 is 1.66 bits per heavy atom. The molecule has 4 rings (SSSR count). The molecule has 0 atom stereocenters. The van der Waals surface area contributed by atoms with Gasteiger partial charge in [-0.15, -0.1) is 0 Å². The number of rotatable bonds is 6. The molecule has 0 spiro atoms. The first-order chi connectivity index (χ1) is 17.5. The molecule has 2 aromatic carbocycles. The van der Waals surface area contributed by atoms with Crippen molar-refractivity contribution >= 4 is 54.3 Å². The predicted octanol–water partition coefficient (Wildman–Crippen LogP) is 4.00. The molecule has 200 valence electrons. The van der Waals surface area contributed by atoms with Gasteiger partial charge in [0.2, 0.25) is 20.8 Å². The summed E-state index contributed by atoms with van der Waals surface area (Å²) in [7, 11) is -8.87. The number of aromatic nitrogens is 2. The number of Topliss-reactive ketones (excluding diaryl/α,β-unsaturated/α-hetero) is 1. The van der Waals surface area contributed by atoms with Crippen LogP contribution < -0.4 is 4.72 Å². The zero-order valence-corrected chi connectivity index (χ0v) is 22.1. The van der Waals surface area contributed by atoms with E-state index in [0.29, 0.717) is 12.1 Å². The first kappa shape index (κ1) is 27.5. The van der Waals surface area contributed by atoms with Crippen LogP contribution in [0.25, 0.3) is 11.3 Å². The molecule has 0 saturated carbocycles. The van der Waals surface area contributed by atoms with Crippen LogP contribution in [0.4, 0.5) is 18.9 Å². The van der Waals surface area contributed by atoms with Gasteiger partial charge in [-0.05, 0) is 44.2 Å². The first-order valence-electron chi connectivity index (χ1n) is 10.5. The summed E-state index contributed by atoms with van der Waals surface area (Å²) in [5, 5.41) is -0.841. The van der Waals surface area contributed by atoms with Crippen molar-refractivity contribution in [3.8, 4) is 0 Å². The minimum Gasteiger partial charge on any atom is -0.477 e. The third-order valence-corrected chi connectivity index (χ3v) is 7.79. The van der Waals surface area contributed by atoms with Gasteiger partial charge in [0.05, 0.1) is 11.3 Å². The maximum atomic E-state index is 15.8. The summed E-state index contributed by atoms with van der Waals surface area (Å²) >= 11 is 6.11. The number of anilines is 1. The number of ketones is 1. The number of carbonyl (C=O) groups excluding carboxylic acids is 1. The van der Waals surface area contributed by atoms with Gasteiger partial charge in [0.1, 0.15) is 17.3 Å². The molecule has 0 fully saturated rings. The maximum Gasteiger partial charge on any atom is 0.267 e. The van der Waals surface area contributed by atoms with E-state index in [-0.39, 0.29) is 16.5 Å². The van der Waals surface area contributed by atoms with Gasteiger partial charge < -0.3 is 4.74 Å². The average molecular weight is 588 g/mol. The van der Waals surface area contributed by atoms with Crippen molar-refractivity contribution in [2.45, 2.75) is 29.5 Å². The van der Waals surface area contributed by atoms with E-state index in [4.69, 9.17) is 16.3 Å². The summed E-state index contributed by atoms with van der Waals surface area (Å²) in [5.41, 5.74) is -3.52. The van der Waals surface area contributed by atoms with Crippen molar-refractivity contribution in [2.75, 3.05) is 11.0 Å². The normalized spacial score (nSPS) is 15.5. The second-order valence-corrected chi connectivity index (χ2v) is 12.6.